The number of amides is 1. The smallest absolute Gasteiger partial charge is 0.217 e. The first-order valence-corrected chi connectivity index (χ1v) is 9.91. The van der Waals surface area contributed by atoms with Crippen molar-refractivity contribution in [3.05, 3.63) is 9.81 Å². The number of allylic oxidation sites excluding steroid dienone is 1. The van der Waals surface area contributed by atoms with Gasteiger partial charge in [0.2, 0.25) is 5.91 Å². The highest BCUT2D eigenvalue weighted by molar-refractivity contribution is 8.22. The molecule has 4 bridgehead atoms. The highest BCUT2D eigenvalue weighted by Crippen LogP contribution is 2.60. The van der Waals surface area contributed by atoms with Crippen molar-refractivity contribution in [2.45, 2.75) is 51.0 Å². The van der Waals surface area contributed by atoms with Gasteiger partial charge in [-0.3, -0.25) is 4.79 Å². The molecule has 4 aliphatic carbocycles. The maximum Gasteiger partial charge on any atom is 0.217 e. The van der Waals surface area contributed by atoms with E-state index in [9.17, 15) is 4.79 Å². The molecule has 4 saturated carbocycles. The van der Waals surface area contributed by atoms with Crippen LogP contribution in [0.1, 0.15) is 45.4 Å². The van der Waals surface area contributed by atoms with E-state index in [0.717, 1.165) is 17.8 Å². The van der Waals surface area contributed by atoms with Gasteiger partial charge in [-0.05, 0) is 73.4 Å². The molecule has 0 spiro atoms. The maximum absolute atomic E-state index is 11.6. The first-order valence-electron chi connectivity index (χ1n) is 7.94. The Hall–Kier alpha value is -0.0900. The molecule has 1 saturated heterocycles. The minimum atomic E-state index is 0.149. The van der Waals surface area contributed by atoms with E-state index < -0.39 is 0 Å². The Kier molecular flexibility index (Phi) is 3.38. The molecule has 2 unspecified atom stereocenters. The fourth-order valence-corrected chi connectivity index (χ4v) is 8.21. The molecule has 1 aliphatic heterocycles. The lowest BCUT2D eigenvalue weighted by Crippen LogP contribution is -2.60. The normalized spacial score (nSPS) is 43.0. The highest BCUT2D eigenvalue weighted by atomic mass is 32.2. The second kappa shape index (κ2) is 4.98. The molecule has 0 aromatic carbocycles. The maximum atomic E-state index is 11.6. The minimum Gasteiger partial charge on any atom is -0.351 e. The molecule has 1 amide bonds. The molecule has 2 nitrogen and oxygen atoms in total. The summed E-state index contributed by atoms with van der Waals surface area (Å²) in [5.74, 6) is 5.18. The fraction of sp³-hybridized carbons (Fsp3) is 0.812. The molecule has 1 N–H and O–H groups in total. The Morgan fingerprint density at radius 1 is 1.15 bits per heavy atom. The van der Waals surface area contributed by atoms with Crippen LogP contribution in [0.25, 0.3) is 0 Å². The van der Waals surface area contributed by atoms with Crippen LogP contribution < -0.4 is 5.32 Å². The average Bonchev–Trinajstić information content (AvgIpc) is 2.37. The van der Waals surface area contributed by atoms with Crippen molar-refractivity contribution in [2.75, 3.05) is 11.5 Å². The van der Waals surface area contributed by atoms with Crippen LogP contribution in [0.2, 0.25) is 0 Å². The molecule has 2 atom stereocenters. The molecular weight excluding hydrogens is 286 g/mol. The molecule has 5 aliphatic rings. The Labute approximate surface area is 129 Å². The van der Waals surface area contributed by atoms with E-state index >= 15 is 0 Å². The lowest BCUT2D eigenvalue weighted by molar-refractivity contribution is -0.123. The molecular formula is C16H23NOS2. The van der Waals surface area contributed by atoms with Crippen LogP contribution in [0.5, 0.6) is 0 Å². The molecule has 5 fully saturated rings. The third-order valence-electron chi connectivity index (χ3n) is 5.50. The van der Waals surface area contributed by atoms with Crippen LogP contribution >= 0.6 is 23.5 Å². The second-order valence-corrected chi connectivity index (χ2v) is 9.57. The Morgan fingerprint density at radius 2 is 1.80 bits per heavy atom. The van der Waals surface area contributed by atoms with E-state index in [4.69, 9.17) is 0 Å². The number of nitrogens with one attached hydrogen (secondary N) is 1. The number of carbonyl (C=O) groups excluding carboxylic acids is 1. The Morgan fingerprint density at radius 3 is 2.40 bits per heavy atom. The zero-order chi connectivity index (χ0) is 13.7. The quantitative estimate of drug-likeness (QED) is 0.799. The highest BCUT2D eigenvalue weighted by Gasteiger charge is 2.54. The van der Waals surface area contributed by atoms with Crippen LogP contribution in [0.3, 0.4) is 0 Å². The predicted molar refractivity (Wildman–Crippen MR) is 86.7 cm³/mol. The van der Waals surface area contributed by atoms with Gasteiger partial charge in [0, 0.05) is 16.7 Å². The van der Waals surface area contributed by atoms with Crippen molar-refractivity contribution < 1.29 is 4.79 Å². The van der Waals surface area contributed by atoms with Gasteiger partial charge in [0.05, 0.1) is 0 Å². The zero-order valence-corrected chi connectivity index (χ0v) is 13.7. The van der Waals surface area contributed by atoms with Gasteiger partial charge in [-0.1, -0.05) is 0 Å². The second-order valence-electron chi connectivity index (χ2n) is 7.10. The van der Waals surface area contributed by atoms with Crippen molar-refractivity contribution in [3.8, 4) is 0 Å². The Balaban J connectivity index is 1.64. The number of hydrogen-bond acceptors (Lipinski definition) is 3. The summed E-state index contributed by atoms with van der Waals surface area (Å²) in [6.07, 6.45) is 7.79. The van der Waals surface area contributed by atoms with Crippen molar-refractivity contribution in [1.82, 2.24) is 5.32 Å². The zero-order valence-electron chi connectivity index (χ0n) is 12.1. The van der Waals surface area contributed by atoms with Crippen molar-refractivity contribution in [3.63, 3.8) is 0 Å². The molecule has 0 aromatic rings. The van der Waals surface area contributed by atoms with Crippen molar-refractivity contribution >= 4 is 29.4 Å². The molecule has 110 valence electrons. The molecule has 0 aromatic heterocycles. The fourth-order valence-electron chi connectivity index (χ4n) is 5.24. The third kappa shape index (κ3) is 2.23. The summed E-state index contributed by atoms with van der Waals surface area (Å²) in [4.78, 5) is 11.6. The van der Waals surface area contributed by atoms with Crippen molar-refractivity contribution in [1.29, 1.82) is 0 Å². The summed E-state index contributed by atoms with van der Waals surface area (Å²) >= 11 is 4.22. The van der Waals surface area contributed by atoms with Crippen LogP contribution in [-0.2, 0) is 4.79 Å². The van der Waals surface area contributed by atoms with Gasteiger partial charge in [-0.2, -0.15) is 0 Å². The van der Waals surface area contributed by atoms with Gasteiger partial charge in [0.25, 0.3) is 0 Å². The summed E-state index contributed by atoms with van der Waals surface area (Å²) < 4.78 is 1.67. The Bertz CT molecular complexity index is 447. The minimum absolute atomic E-state index is 0.149. The SMILES string of the molecule is CC(=O)NC12CC3CC(C1)C(=C1SCCCS1)C(C3)C2. The lowest BCUT2D eigenvalue weighted by atomic mass is 9.51. The monoisotopic (exact) mass is 309 g/mol. The lowest BCUT2D eigenvalue weighted by Gasteiger charge is -2.58. The summed E-state index contributed by atoms with van der Waals surface area (Å²) in [5, 5.41) is 3.34. The van der Waals surface area contributed by atoms with E-state index in [1.165, 1.54) is 50.0 Å². The number of rotatable bonds is 1. The summed E-state index contributed by atoms with van der Waals surface area (Å²) in [6, 6.07) is 0. The van der Waals surface area contributed by atoms with E-state index in [1.54, 1.807) is 16.7 Å². The van der Waals surface area contributed by atoms with E-state index in [0.29, 0.717) is 0 Å². The molecule has 20 heavy (non-hydrogen) atoms. The van der Waals surface area contributed by atoms with Crippen LogP contribution in [0.15, 0.2) is 9.81 Å². The average molecular weight is 310 g/mol. The van der Waals surface area contributed by atoms with Gasteiger partial charge < -0.3 is 5.32 Å². The number of hydrogen-bond donors (Lipinski definition) is 1. The molecule has 0 radical (unpaired) electrons. The first kappa shape index (κ1) is 13.6. The van der Waals surface area contributed by atoms with Gasteiger partial charge >= 0.3 is 0 Å². The van der Waals surface area contributed by atoms with Gasteiger partial charge in [-0.15, -0.1) is 23.5 Å². The predicted octanol–water partition coefficient (Wildman–Crippen LogP) is 3.78. The molecule has 4 heteroatoms. The van der Waals surface area contributed by atoms with E-state index in [1.807, 2.05) is 0 Å². The van der Waals surface area contributed by atoms with Crippen LogP contribution in [0, 0.1) is 17.8 Å². The van der Waals surface area contributed by atoms with Crippen LogP contribution in [-0.4, -0.2) is 23.0 Å². The van der Waals surface area contributed by atoms with Crippen LogP contribution in [0.4, 0.5) is 0 Å². The van der Waals surface area contributed by atoms with Gasteiger partial charge in [-0.25, -0.2) is 0 Å². The van der Waals surface area contributed by atoms with E-state index in [2.05, 4.69) is 28.8 Å². The topological polar surface area (TPSA) is 29.1 Å². The third-order valence-corrected chi connectivity index (χ3v) is 8.19. The molecule has 5 rings (SSSR count). The van der Waals surface area contributed by atoms with Crippen molar-refractivity contribution in [2.24, 2.45) is 17.8 Å². The number of carbonyl (C=O) groups is 1. The summed E-state index contributed by atoms with van der Waals surface area (Å²) in [7, 11) is 0. The van der Waals surface area contributed by atoms with Gasteiger partial charge in [0.1, 0.15) is 0 Å². The standard InChI is InChI=1S/C16H23NOS2/c1-10(18)17-16-7-11-5-12(8-16)14(13(6-11)9-16)15-19-3-2-4-20-15/h11-13H,2-9H2,1H3,(H,17,18). The largest absolute Gasteiger partial charge is 0.351 e. The molecule has 1 heterocycles. The number of thioether (sulfide) groups is 2. The summed E-state index contributed by atoms with van der Waals surface area (Å²) in [6.45, 7) is 1.69. The first-order chi connectivity index (χ1) is 9.65. The van der Waals surface area contributed by atoms with E-state index in [-0.39, 0.29) is 11.4 Å². The van der Waals surface area contributed by atoms with Gasteiger partial charge in [0.15, 0.2) is 0 Å². The summed E-state index contributed by atoms with van der Waals surface area (Å²) in [5.41, 5.74) is 1.95.